The lowest BCUT2D eigenvalue weighted by Crippen LogP contribution is -2.49. The summed E-state index contributed by atoms with van der Waals surface area (Å²) in [4.78, 5) is 27.7. The average Bonchev–Trinajstić information content (AvgIpc) is 2.74. The van der Waals surface area contributed by atoms with Gasteiger partial charge in [-0.25, -0.2) is 4.39 Å². The van der Waals surface area contributed by atoms with Crippen molar-refractivity contribution < 1.29 is 14.0 Å². The fourth-order valence-electron chi connectivity index (χ4n) is 3.70. The van der Waals surface area contributed by atoms with Crippen molar-refractivity contribution in [3.05, 3.63) is 70.5 Å². The summed E-state index contributed by atoms with van der Waals surface area (Å²) in [5.74, 6) is 0.488. The van der Waals surface area contributed by atoms with Crippen LogP contribution in [0.1, 0.15) is 55.4 Å². The van der Waals surface area contributed by atoms with E-state index < -0.39 is 6.04 Å². The average molecular weight is 459 g/mol. The van der Waals surface area contributed by atoms with E-state index in [-0.39, 0.29) is 29.9 Å². The summed E-state index contributed by atoms with van der Waals surface area (Å²) in [5, 5.41) is 2.96. The molecule has 1 atom stereocenters. The number of nitrogens with one attached hydrogen (secondary N) is 1. The van der Waals surface area contributed by atoms with Gasteiger partial charge in [-0.1, -0.05) is 61.7 Å². The molecule has 0 fully saturated rings. The standard InChI is InChI=1S/C26H35FN2O2S/c1-5-7-12-28-26(31)24(6-2)29(16-21-8-10-23(27)11-9-21)25(30)18-32-17-22-14-19(3)13-20(4)15-22/h8-11,13-15,24H,5-7,12,16-18H2,1-4H3,(H,28,31)/t24-/m1/s1. The lowest BCUT2D eigenvalue weighted by atomic mass is 10.1. The number of benzene rings is 2. The topological polar surface area (TPSA) is 49.4 Å². The first kappa shape index (κ1) is 25.9. The number of carbonyl (C=O) groups is 2. The van der Waals surface area contributed by atoms with Gasteiger partial charge in [0.25, 0.3) is 0 Å². The monoisotopic (exact) mass is 458 g/mol. The molecule has 2 aromatic rings. The normalized spacial score (nSPS) is 11.8. The lowest BCUT2D eigenvalue weighted by molar-refractivity contribution is -0.139. The molecule has 2 amide bonds. The van der Waals surface area contributed by atoms with Crippen molar-refractivity contribution in [2.24, 2.45) is 0 Å². The molecule has 174 valence electrons. The summed E-state index contributed by atoms with van der Waals surface area (Å²) >= 11 is 1.55. The van der Waals surface area contributed by atoms with Gasteiger partial charge in [0.15, 0.2) is 0 Å². The third-order valence-corrected chi connectivity index (χ3v) is 6.25. The van der Waals surface area contributed by atoms with Gasteiger partial charge in [0, 0.05) is 18.8 Å². The van der Waals surface area contributed by atoms with Crippen LogP contribution in [0.5, 0.6) is 0 Å². The van der Waals surface area contributed by atoms with Crippen molar-refractivity contribution in [3.63, 3.8) is 0 Å². The number of amides is 2. The maximum Gasteiger partial charge on any atom is 0.242 e. The first-order valence-electron chi connectivity index (χ1n) is 11.3. The molecule has 0 saturated heterocycles. The molecule has 32 heavy (non-hydrogen) atoms. The van der Waals surface area contributed by atoms with Gasteiger partial charge in [-0.15, -0.1) is 11.8 Å². The number of hydrogen-bond donors (Lipinski definition) is 1. The van der Waals surface area contributed by atoms with E-state index in [4.69, 9.17) is 0 Å². The molecule has 0 aliphatic carbocycles. The van der Waals surface area contributed by atoms with Crippen LogP contribution in [0.4, 0.5) is 4.39 Å². The van der Waals surface area contributed by atoms with Crippen LogP contribution < -0.4 is 5.32 Å². The van der Waals surface area contributed by atoms with E-state index in [0.29, 0.717) is 13.0 Å². The van der Waals surface area contributed by atoms with Gasteiger partial charge >= 0.3 is 0 Å². The second-order valence-electron chi connectivity index (χ2n) is 8.21. The van der Waals surface area contributed by atoms with Gasteiger partial charge in [0.05, 0.1) is 5.75 Å². The maximum atomic E-state index is 13.3. The Morgan fingerprint density at radius 2 is 1.69 bits per heavy atom. The Labute approximate surface area is 196 Å². The van der Waals surface area contributed by atoms with Crippen molar-refractivity contribution in [3.8, 4) is 0 Å². The zero-order valence-electron chi connectivity index (χ0n) is 19.6. The van der Waals surface area contributed by atoms with E-state index in [1.165, 1.54) is 28.8 Å². The van der Waals surface area contributed by atoms with Crippen LogP contribution in [-0.4, -0.2) is 35.1 Å². The SMILES string of the molecule is CCCCNC(=O)[C@@H](CC)N(Cc1ccc(F)cc1)C(=O)CSCc1cc(C)cc(C)c1. The maximum absolute atomic E-state index is 13.3. The largest absolute Gasteiger partial charge is 0.354 e. The minimum absolute atomic E-state index is 0.0822. The fraction of sp³-hybridized carbons (Fsp3) is 0.462. The highest BCUT2D eigenvalue weighted by atomic mass is 32.2. The summed E-state index contributed by atoms with van der Waals surface area (Å²) in [7, 11) is 0. The Kier molecular flexibility index (Phi) is 10.7. The smallest absolute Gasteiger partial charge is 0.242 e. The van der Waals surface area contributed by atoms with Crippen LogP contribution in [0, 0.1) is 19.7 Å². The molecule has 0 heterocycles. The zero-order chi connectivity index (χ0) is 23.5. The van der Waals surface area contributed by atoms with Crippen LogP contribution in [0.3, 0.4) is 0 Å². The van der Waals surface area contributed by atoms with Crippen molar-refractivity contribution in [2.45, 2.75) is 65.3 Å². The lowest BCUT2D eigenvalue weighted by Gasteiger charge is -2.30. The number of hydrogen-bond acceptors (Lipinski definition) is 3. The van der Waals surface area contributed by atoms with Crippen LogP contribution in [0.25, 0.3) is 0 Å². The Morgan fingerprint density at radius 1 is 1.03 bits per heavy atom. The van der Waals surface area contributed by atoms with E-state index in [1.54, 1.807) is 28.8 Å². The zero-order valence-corrected chi connectivity index (χ0v) is 20.4. The highest BCUT2D eigenvalue weighted by Crippen LogP contribution is 2.19. The molecule has 0 bridgehead atoms. The highest BCUT2D eigenvalue weighted by Gasteiger charge is 2.28. The molecule has 6 heteroatoms. The molecule has 0 unspecified atom stereocenters. The molecule has 0 aliphatic rings. The Balaban J connectivity index is 2.11. The van der Waals surface area contributed by atoms with E-state index in [0.717, 1.165) is 24.2 Å². The van der Waals surface area contributed by atoms with Crippen LogP contribution in [0.15, 0.2) is 42.5 Å². The number of thioether (sulfide) groups is 1. The van der Waals surface area contributed by atoms with Gasteiger partial charge in [0.2, 0.25) is 11.8 Å². The van der Waals surface area contributed by atoms with Crippen molar-refractivity contribution >= 4 is 23.6 Å². The number of nitrogens with zero attached hydrogens (tertiary/aromatic N) is 1. The summed E-state index contributed by atoms with van der Waals surface area (Å²) in [6.45, 7) is 9.01. The van der Waals surface area contributed by atoms with Crippen LogP contribution in [-0.2, 0) is 21.9 Å². The molecule has 0 aliphatic heterocycles. The van der Waals surface area contributed by atoms with Gasteiger partial charge in [0.1, 0.15) is 11.9 Å². The summed E-state index contributed by atoms with van der Waals surface area (Å²) in [5.41, 5.74) is 4.41. The van der Waals surface area contributed by atoms with Gasteiger partial charge in [-0.2, -0.15) is 0 Å². The van der Waals surface area contributed by atoms with Crippen LogP contribution in [0.2, 0.25) is 0 Å². The fourth-order valence-corrected chi connectivity index (χ4v) is 4.55. The quantitative estimate of drug-likeness (QED) is 0.433. The third-order valence-electron chi connectivity index (χ3n) is 5.26. The second-order valence-corrected chi connectivity index (χ2v) is 9.19. The number of aryl methyl sites for hydroxylation is 2. The molecule has 0 radical (unpaired) electrons. The van der Waals surface area contributed by atoms with Gasteiger partial charge in [-0.05, 0) is 49.9 Å². The van der Waals surface area contributed by atoms with Gasteiger partial charge in [-0.3, -0.25) is 9.59 Å². The number of unbranched alkanes of at least 4 members (excludes halogenated alkanes) is 1. The minimum Gasteiger partial charge on any atom is -0.354 e. The summed E-state index contributed by atoms with van der Waals surface area (Å²) in [6.07, 6.45) is 2.41. The van der Waals surface area contributed by atoms with Crippen molar-refractivity contribution in [2.75, 3.05) is 12.3 Å². The summed E-state index contributed by atoms with van der Waals surface area (Å²) in [6, 6.07) is 12.0. The Bertz CT molecular complexity index is 866. The predicted molar refractivity (Wildman–Crippen MR) is 131 cm³/mol. The minimum atomic E-state index is -0.550. The van der Waals surface area contributed by atoms with E-state index in [1.807, 2.05) is 6.92 Å². The first-order chi connectivity index (χ1) is 15.3. The van der Waals surface area contributed by atoms with Crippen molar-refractivity contribution in [1.82, 2.24) is 10.2 Å². The molecule has 2 rings (SSSR count). The molecule has 0 saturated carbocycles. The number of carbonyl (C=O) groups excluding carboxylic acids is 2. The first-order valence-corrected chi connectivity index (χ1v) is 12.5. The van der Waals surface area contributed by atoms with E-state index in [2.05, 4.69) is 44.3 Å². The molecule has 0 aromatic heterocycles. The molecule has 1 N–H and O–H groups in total. The number of halogens is 1. The third kappa shape index (κ3) is 8.30. The summed E-state index contributed by atoms with van der Waals surface area (Å²) < 4.78 is 13.3. The van der Waals surface area contributed by atoms with Crippen molar-refractivity contribution in [1.29, 1.82) is 0 Å². The molecule has 0 spiro atoms. The van der Waals surface area contributed by atoms with Gasteiger partial charge < -0.3 is 10.2 Å². The van der Waals surface area contributed by atoms with E-state index in [9.17, 15) is 14.0 Å². The molecular weight excluding hydrogens is 423 g/mol. The highest BCUT2D eigenvalue weighted by molar-refractivity contribution is 7.99. The molecule has 4 nitrogen and oxygen atoms in total. The molecule has 2 aromatic carbocycles. The Hall–Kier alpha value is -2.34. The second kappa shape index (κ2) is 13.3. The Morgan fingerprint density at radius 3 is 2.28 bits per heavy atom. The van der Waals surface area contributed by atoms with Crippen LogP contribution >= 0.6 is 11.8 Å². The van der Waals surface area contributed by atoms with E-state index >= 15 is 0 Å². The number of rotatable bonds is 12. The molecular formula is C26H35FN2O2S. The predicted octanol–water partition coefficient (Wildman–Crippen LogP) is 5.40.